The monoisotopic (exact) mass is 490 g/mol. The summed E-state index contributed by atoms with van der Waals surface area (Å²) in [5.74, 6) is -0.203. The minimum atomic E-state index is -0.489. The Hall–Kier alpha value is -3.48. The van der Waals surface area contributed by atoms with Crippen LogP contribution in [0.3, 0.4) is 0 Å². The fourth-order valence-corrected chi connectivity index (χ4v) is 4.78. The van der Waals surface area contributed by atoms with Gasteiger partial charge in [0.1, 0.15) is 6.04 Å². The van der Waals surface area contributed by atoms with Crippen LogP contribution < -0.4 is 0 Å². The van der Waals surface area contributed by atoms with E-state index in [1.165, 1.54) is 0 Å². The van der Waals surface area contributed by atoms with Crippen LogP contribution in [0.25, 0.3) is 17.0 Å². The first-order chi connectivity index (χ1) is 16.6. The fraction of sp³-hybridized carbons (Fsp3) is 0.182. The first-order valence-electron chi connectivity index (χ1n) is 10.7. The molecule has 1 aliphatic heterocycles. The highest BCUT2D eigenvalue weighted by atomic mass is 31.1. The smallest absolute Gasteiger partial charge is 0.312 e. The molecule has 5 aromatic heterocycles. The van der Waals surface area contributed by atoms with E-state index in [2.05, 4.69) is 43.6 Å². The molecule has 0 fully saturated rings. The molecule has 2 unspecified atom stereocenters. The average Bonchev–Trinajstić information content (AvgIpc) is 3.62. The number of aromatic amines is 1. The summed E-state index contributed by atoms with van der Waals surface area (Å²) in [6, 6.07) is 11.1. The first-order valence-corrected chi connectivity index (χ1v) is 12.0. The summed E-state index contributed by atoms with van der Waals surface area (Å²) in [7, 11) is 5.53. The maximum Gasteiger partial charge on any atom is 0.312 e. The summed E-state index contributed by atoms with van der Waals surface area (Å²) in [5, 5.41) is 13.1. The third-order valence-electron chi connectivity index (χ3n) is 5.86. The highest BCUT2D eigenvalue weighted by Crippen LogP contribution is 2.36. The van der Waals surface area contributed by atoms with E-state index in [0.717, 1.165) is 28.3 Å². The number of aromatic nitrogens is 7. The van der Waals surface area contributed by atoms with Gasteiger partial charge in [-0.25, -0.2) is 9.50 Å². The van der Waals surface area contributed by atoms with E-state index in [1.54, 1.807) is 35.8 Å². The number of fused-ring (bicyclic) bond motifs is 2. The summed E-state index contributed by atoms with van der Waals surface area (Å²) in [4.78, 5) is 27.1. The van der Waals surface area contributed by atoms with E-state index in [0.29, 0.717) is 18.5 Å². The molecule has 1 aliphatic rings. The molecule has 1 amide bonds. The molecule has 0 saturated carbocycles. The standard InChI is InChI=1S/C22H20N8O2P2/c31-21(20-27-26-19(32-20)12-3-2-7-23-10-12)29-8-6-14-17(25-11-24-14)18(29)15-9-13-4-1-5-16(22(33)34)30(13)28-15/h1-5,7,9-11,18,22H,6,8,33-34H2,(H,24,25)/t18-/m1/s1. The molecule has 6 rings (SSSR count). The number of H-pyrrole nitrogens is 1. The van der Waals surface area contributed by atoms with Gasteiger partial charge in [0.05, 0.1) is 34.5 Å². The van der Waals surface area contributed by atoms with Crippen LogP contribution in [0, 0.1) is 0 Å². The predicted molar refractivity (Wildman–Crippen MR) is 130 cm³/mol. The van der Waals surface area contributed by atoms with Crippen LogP contribution in [-0.4, -0.2) is 52.1 Å². The first kappa shape index (κ1) is 21.1. The van der Waals surface area contributed by atoms with Crippen LogP contribution in [0.4, 0.5) is 0 Å². The van der Waals surface area contributed by atoms with Crippen molar-refractivity contribution in [1.29, 1.82) is 0 Å². The second kappa shape index (κ2) is 8.38. The second-order valence-corrected chi connectivity index (χ2v) is 10.2. The molecule has 0 spiro atoms. The summed E-state index contributed by atoms with van der Waals surface area (Å²) in [5.41, 5.74) is 5.09. The van der Waals surface area contributed by atoms with Crippen LogP contribution in [0.2, 0.25) is 0 Å². The third-order valence-corrected chi connectivity index (χ3v) is 6.54. The Labute approximate surface area is 198 Å². The number of hydrogen-bond acceptors (Lipinski definition) is 7. The van der Waals surface area contributed by atoms with Gasteiger partial charge in [-0.15, -0.1) is 28.7 Å². The normalized spacial score (nSPS) is 15.7. The fourth-order valence-electron chi connectivity index (χ4n) is 4.28. The van der Waals surface area contributed by atoms with Crippen molar-refractivity contribution in [2.75, 3.05) is 6.54 Å². The number of rotatable bonds is 4. The van der Waals surface area contributed by atoms with Crippen molar-refractivity contribution >= 4 is 29.9 Å². The van der Waals surface area contributed by atoms with Crippen molar-refractivity contribution in [1.82, 2.24) is 39.7 Å². The van der Waals surface area contributed by atoms with Crippen molar-refractivity contribution < 1.29 is 9.21 Å². The van der Waals surface area contributed by atoms with Gasteiger partial charge in [0.2, 0.25) is 5.89 Å². The summed E-state index contributed by atoms with van der Waals surface area (Å²) >= 11 is 0. The zero-order valence-electron chi connectivity index (χ0n) is 17.9. The van der Waals surface area contributed by atoms with Gasteiger partial charge in [-0.2, -0.15) is 5.10 Å². The van der Waals surface area contributed by atoms with Gasteiger partial charge in [0.25, 0.3) is 0 Å². The maximum absolute atomic E-state index is 13.6. The van der Waals surface area contributed by atoms with Gasteiger partial charge in [-0.05, 0) is 30.3 Å². The molecule has 0 bridgehead atoms. The van der Waals surface area contributed by atoms with E-state index >= 15 is 0 Å². The Kier molecular flexibility index (Phi) is 5.20. The molecule has 0 radical (unpaired) electrons. The molecule has 3 atom stereocenters. The molecule has 12 heteroatoms. The zero-order chi connectivity index (χ0) is 23.2. The Morgan fingerprint density at radius 1 is 1.21 bits per heavy atom. The van der Waals surface area contributed by atoms with Gasteiger partial charge in [-0.1, -0.05) is 6.07 Å². The molecule has 10 nitrogen and oxygen atoms in total. The maximum atomic E-state index is 13.6. The number of pyridine rings is 2. The van der Waals surface area contributed by atoms with Crippen molar-refractivity contribution in [2.45, 2.75) is 17.9 Å². The van der Waals surface area contributed by atoms with Crippen molar-refractivity contribution in [3.63, 3.8) is 0 Å². The molecule has 6 heterocycles. The summed E-state index contributed by atoms with van der Waals surface area (Å²) in [6.45, 7) is 0.458. The molecule has 0 aliphatic carbocycles. The second-order valence-electron chi connectivity index (χ2n) is 7.95. The molecule has 1 N–H and O–H groups in total. The lowest BCUT2D eigenvalue weighted by Crippen LogP contribution is -2.41. The number of nitrogens with zero attached hydrogens (tertiary/aromatic N) is 7. The molecular formula is C22H20N8O2P2. The Morgan fingerprint density at radius 2 is 2.12 bits per heavy atom. The third kappa shape index (κ3) is 3.50. The van der Waals surface area contributed by atoms with Gasteiger partial charge >= 0.3 is 11.8 Å². The SMILES string of the molecule is O=C(c1nnc(-c2cccnc2)o1)N1CCc2[nH]cnc2[C@H]1c1cc2cccc(C(P)P)n2n1. The van der Waals surface area contributed by atoms with E-state index in [9.17, 15) is 4.79 Å². The highest BCUT2D eigenvalue weighted by Gasteiger charge is 2.38. The lowest BCUT2D eigenvalue weighted by Gasteiger charge is -2.32. The van der Waals surface area contributed by atoms with Crippen molar-refractivity contribution in [2.24, 2.45) is 0 Å². The lowest BCUT2D eigenvalue weighted by molar-refractivity contribution is 0.0646. The Morgan fingerprint density at radius 3 is 2.94 bits per heavy atom. The van der Waals surface area contributed by atoms with E-state index in [1.807, 2.05) is 28.8 Å². The molecular weight excluding hydrogens is 470 g/mol. The number of nitrogens with one attached hydrogen (secondary N) is 1. The summed E-state index contributed by atoms with van der Waals surface area (Å²) in [6.07, 6.45) is 5.56. The number of carbonyl (C=O) groups excluding carboxylic acids is 1. The number of amides is 1. The average molecular weight is 490 g/mol. The molecule has 0 saturated heterocycles. The van der Waals surface area contributed by atoms with Crippen LogP contribution >= 0.6 is 18.5 Å². The van der Waals surface area contributed by atoms with Crippen LogP contribution in [0.1, 0.15) is 44.9 Å². The van der Waals surface area contributed by atoms with E-state index < -0.39 is 6.04 Å². The van der Waals surface area contributed by atoms with Crippen molar-refractivity contribution in [3.05, 3.63) is 83.8 Å². The van der Waals surface area contributed by atoms with Crippen molar-refractivity contribution in [3.8, 4) is 11.5 Å². The van der Waals surface area contributed by atoms with Gasteiger partial charge < -0.3 is 14.3 Å². The van der Waals surface area contributed by atoms with Gasteiger partial charge in [0.15, 0.2) is 0 Å². The predicted octanol–water partition coefficient (Wildman–Crippen LogP) is 3.04. The quantitative estimate of drug-likeness (QED) is 0.385. The minimum Gasteiger partial charge on any atom is -0.412 e. The molecule has 170 valence electrons. The minimum absolute atomic E-state index is 0.0812. The molecule has 0 aromatic carbocycles. The summed E-state index contributed by atoms with van der Waals surface area (Å²) < 4.78 is 7.63. The van der Waals surface area contributed by atoms with E-state index in [4.69, 9.17) is 9.52 Å². The lowest BCUT2D eigenvalue weighted by atomic mass is 9.99. The largest absolute Gasteiger partial charge is 0.412 e. The van der Waals surface area contributed by atoms with Gasteiger partial charge in [-0.3, -0.25) is 9.78 Å². The van der Waals surface area contributed by atoms with E-state index in [-0.39, 0.29) is 23.1 Å². The molecule has 34 heavy (non-hydrogen) atoms. The zero-order valence-corrected chi connectivity index (χ0v) is 20.2. The number of carbonyl (C=O) groups is 1. The number of hydrogen-bond donors (Lipinski definition) is 1. The van der Waals surface area contributed by atoms with Gasteiger partial charge in [0, 0.05) is 36.5 Å². The Balaban J connectivity index is 1.42. The number of imidazole rings is 1. The van der Waals surface area contributed by atoms with Crippen LogP contribution in [-0.2, 0) is 6.42 Å². The van der Waals surface area contributed by atoms with Crippen LogP contribution in [0.5, 0.6) is 0 Å². The highest BCUT2D eigenvalue weighted by molar-refractivity contribution is 7.37. The Bertz CT molecular complexity index is 1490. The molecule has 5 aromatic rings. The van der Waals surface area contributed by atoms with Crippen LogP contribution in [0.15, 0.2) is 59.5 Å². The topological polar surface area (TPSA) is 118 Å².